The van der Waals surface area contributed by atoms with E-state index in [0.29, 0.717) is 16.6 Å². The van der Waals surface area contributed by atoms with E-state index in [1.807, 2.05) is 20.2 Å². The van der Waals surface area contributed by atoms with Crippen molar-refractivity contribution in [3.63, 3.8) is 0 Å². The molecule has 3 rings (SSSR count). The molecule has 1 aromatic rings. The molecule has 0 spiro atoms. The fourth-order valence-corrected chi connectivity index (χ4v) is 3.45. The largest absolute Gasteiger partial charge is 0.458 e. The predicted octanol–water partition coefficient (Wildman–Crippen LogP) is 3.78. The molecular formula is C18H22F3N2O+. The molecule has 130 valence electrons. The molecule has 0 fully saturated rings. The summed E-state index contributed by atoms with van der Waals surface area (Å²) in [4.78, 5) is 2.12. The predicted molar refractivity (Wildman–Crippen MR) is 86.2 cm³/mol. The summed E-state index contributed by atoms with van der Waals surface area (Å²) in [6.45, 7) is 3.13. The van der Waals surface area contributed by atoms with Gasteiger partial charge in [-0.3, -0.25) is 4.48 Å². The molecule has 0 aromatic heterocycles. The standard InChI is InChI=1S/C18H22F3N2O/c1-22(2)9-5-11-23-10-4-7-15(23)13-24-17-14(12-23)6-3-8-16(17)18(19,20)21/h3-4,6-8,13H,5,9-12H2,1-2H3/q+1. The lowest BCUT2D eigenvalue weighted by atomic mass is 10.1. The van der Waals surface area contributed by atoms with Crippen LogP contribution in [0.25, 0.3) is 0 Å². The number of alkyl halides is 3. The number of benzene rings is 1. The van der Waals surface area contributed by atoms with Gasteiger partial charge in [0.15, 0.2) is 12.0 Å². The summed E-state index contributed by atoms with van der Waals surface area (Å²) in [6.07, 6.45) is 2.10. The van der Waals surface area contributed by atoms with E-state index in [2.05, 4.69) is 11.0 Å². The van der Waals surface area contributed by atoms with E-state index < -0.39 is 11.7 Å². The zero-order chi connectivity index (χ0) is 17.4. The van der Waals surface area contributed by atoms with Crippen molar-refractivity contribution < 1.29 is 22.4 Å². The second kappa shape index (κ2) is 6.26. The van der Waals surface area contributed by atoms with Gasteiger partial charge in [-0.15, -0.1) is 0 Å². The molecule has 6 heteroatoms. The van der Waals surface area contributed by atoms with Crippen molar-refractivity contribution in [3.8, 4) is 5.75 Å². The molecule has 0 saturated carbocycles. The second-order valence-electron chi connectivity index (χ2n) is 6.72. The van der Waals surface area contributed by atoms with Crippen molar-refractivity contribution in [3.05, 3.63) is 53.4 Å². The molecule has 1 unspecified atom stereocenters. The van der Waals surface area contributed by atoms with Gasteiger partial charge in [0.25, 0.3) is 0 Å². The summed E-state index contributed by atoms with van der Waals surface area (Å²) in [5.74, 6) is -0.0505. The molecule has 1 atom stereocenters. The SMILES string of the molecule is CN(C)CCC[N+]12CC=CC1=COc1c(cccc1C(F)(F)F)C2. The summed E-state index contributed by atoms with van der Waals surface area (Å²) < 4.78 is 45.9. The average molecular weight is 339 g/mol. The molecule has 2 heterocycles. The van der Waals surface area contributed by atoms with Gasteiger partial charge < -0.3 is 9.64 Å². The molecule has 24 heavy (non-hydrogen) atoms. The van der Waals surface area contributed by atoms with Crippen molar-refractivity contribution in [2.75, 3.05) is 33.7 Å². The first-order valence-corrected chi connectivity index (χ1v) is 8.06. The zero-order valence-corrected chi connectivity index (χ0v) is 13.9. The Labute approximate surface area is 140 Å². The quantitative estimate of drug-likeness (QED) is 0.774. The van der Waals surface area contributed by atoms with Crippen LogP contribution in [0.3, 0.4) is 0 Å². The maximum Gasteiger partial charge on any atom is 0.419 e. The molecule has 2 aliphatic heterocycles. The molecule has 0 aliphatic carbocycles. The highest BCUT2D eigenvalue weighted by Gasteiger charge is 2.41. The van der Waals surface area contributed by atoms with E-state index in [-0.39, 0.29) is 5.75 Å². The topological polar surface area (TPSA) is 12.5 Å². The third-order valence-corrected chi connectivity index (χ3v) is 4.66. The van der Waals surface area contributed by atoms with E-state index in [4.69, 9.17) is 4.74 Å². The van der Waals surface area contributed by atoms with Crippen molar-refractivity contribution in [1.82, 2.24) is 4.90 Å². The third-order valence-electron chi connectivity index (χ3n) is 4.66. The van der Waals surface area contributed by atoms with Crippen LogP contribution in [0.5, 0.6) is 5.75 Å². The molecule has 1 aromatic carbocycles. The number of ether oxygens (including phenoxy) is 1. The lowest BCUT2D eigenvalue weighted by molar-refractivity contribution is -0.893. The smallest absolute Gasteiger partial charge is 0.419 e. The molecule has 0 bridgehead atoms. The monoisotopic (exact) mass is 339 g/mol. The Hall–Kier alpha value is -1.79. The van der Waals surface area contributed by atoms with E-state index >= 15 is 0 Å². The highest BCUT2D eigenvalue weighted by Crippen LogP contribution is 2.42. The summed E-state index contributed by atoms with van der Waals surface area (Å²) in [5, 5.41) is 0. The molecule has 2 aliphatic rings. The number of nitrogens with zero attached hydrogens (tertiary/aromatic N) is 2. The van der Waals surface area contributed by atoms with Crippen molar-refractivity contribution in [2.45, 2.75) is 19.1 Å². The molecular weight excluding hydrogens is 317 g/mol. The second-order valence-corrected chi connectivity index (χ2v) is 6.72. The first kappa shape index (κ1) is 17.0. The third kappa shape index (κ3) is 3.21. The number of hydrogen-bond donors (Lipinski definition) is 0. The van der Waals surface area contributed by atoms with Crippen molar-refractivity contribution in [2.24, 2.45) is 0 Å². The molecule has 0 N–H and O–H groups in total. The van der Waals surface area contributed by atoms with Gasteiger partial charge in [-0.1, -0.05) is 6.07 Å². The van der Waals surface area contributed by atoms with Crippen LogP contribution in [0, 0.1) is 0 Å². The van der Waals surface area contributed by atoms with E-state index in [9.17, 15) is 13.2 Å². The first-order valence-electron chi connectivity index (χ1n) is 8.06. The minimum Gasteiger partial charge on any atom is -0.458 e. The van der Waals surface area contributed by atoms with Crippen LogP contribution < -0.4 is 4.74 Å². The number of hydrogen-bond acceptors (Lipinski definition) is 2. The lowest BCUT2D eigenvalue weighted by Crippen LogP contribution is -2.44. The van der Waals surface area contributed by atoms with Crippen molar-refractivity contribution in [1.29, 1.82) is 0 Å². The minimum absolute atomic E-state index is 0.0505. The van der Waals surface area contributed by atoms with Crippen LogP contribution in [-0.2, 0) is 12.7 Å². The Morgan fingerprint density at radius 3 is 2.75 bits per heavy atom. The Morgan fingerprint density at radius 2 is 2.04 bits per heavy atom. The number of allylic oxidation sites excluding steroid dienone is 1. The average Bonchev–Trinajstić information content (AvgIpc) is 2.80. The number of quaternary nitrogens is 1. The normalized spacial score (nSPS) is 22.7. The highest BCUT2D eigenvalue weighted by atomic mass is 19.4. The van der Waals surface area contributed by atoms with Gasteiger partial charge in [0.2, 0.25) is 0 Å². The number of fused-ring (bicyclic) bond motifs is 2. The Morgan fingerprint density at radius 1 is 1.25 bits per heavy atom. The summed E-state index contributed by atoms with van der Waals surface area (Å²) in [5.41, 5.74) is 0.858. The molecule has 0 amide bonds. The fraction of sp³-hybridized carbons (Fsp3) is 0.444. The van der Waals surface area contributed by atoms with E-state index in [1.165, 1.54) is 12.3 Å². The first-order chi connectivity index (χ1) is 11.3. The highest BCUT2D eigenvalue weighted by molar-refractivity contribution is 5.44. The van der Waals surface area contributed by atoms with E-state index in [1.54, 1.807) is 6.07 Å². The number of rotatable bonds is 4. The minimum atomic E-state index is -4.41. The van der Waals surface area contributed by atoms with Gasteiger partial charge in [-0.25, -0.2) is 0 Å². The zero-order valence-electron chi connectivity index (χ0n) is 13.9. The van der Waals surface area contributed by atoms with Crippen LogP contribution >= 0.6 is 0 Å². The fourth-order valence-electron chi connectivity index (χ4n) is 3.45. The van der Waals surface area contributed by atoms with Gasteiger partial charge >= 0.3 is 6.18 Å². The summed E-state index contributed by atoms with van der Waals surface area (Å²) in [6, 6.07) is 4.29. The van der Waals surface area contributed by atoms with Crippen LogP contribution in [0.15, 0.2) is 42.3 Å². The Balaban J connectivity index is 1.94. The molecule has 0 radical (unpaired) electrons. The van der Waals surface area contributed by atoms with Crippen LogP contribution in [0.4, 0.5) is 13.2 Å². The van der Waals surface area contributed by atoms with Gasteiger partial charge in [0.05, 0.1) is 12.1 Å². The van der Waals surface area contributed by atoms with Crippen LogP contribution in [0.2, 0.25) is 0 Å². The van der Waals surface area contributed by atoms with Gasteiger partial charge in [0, 0.05) is 24.6 Å². The maximum atomic E-state index is 13.3. The van der Waals surface area contributed by atoms with Crippen LogP contribution in [0.1, 0.15) is 17.5 Å². The van der Waals surface area contributed by atoms with Gasteiger partial charge in [0.1, 0.15) is 18.8 Å². The molecule has 0 saturated heterocycles. The van der Waals surface area contributed by atoms with E-state index in [0.717, 1.165) is 37.8 Å². The number of para-hydroxylation sites is 1. The summed E-state index contributed by atoms with van der Waals surface area (Å²) >= 11 is 0. The van der Waals surface area contributed by atoms with Gasteiger partial charge in [-0.05, 0) is 32.3 Å². The van der Waals surface area contributed by atoms with Crippen molar-refractivity contribution >= 4 is 0 Å². The Kier molecular flexibility index (Phi) is 4.44. The molecule has 3 nitrogen and oxygen atoms in total. The lowest BCUT2D eigenvalue weighted by Gasteiger charge is -2.34. The van der Waals surface area contributed by atoms with Gasteiger partial charge in [-0.2, -0.15) is 13.2 Å². The summed E-state index contributed by atoms with van der Waals surface area (Å²) in [7, 11) is 4.05. The Bertz CT molecular complexity index is 679. The van der Waals surface area contributed by atoms with Crippen LogP contribution in [-0.4, -0.2) is 43.1 Å². The number of halogens is 3. The maximum absolute atomic E-state index is 13.3.